The Kier molecular flexibility index (Phi) is 5.59. The normalized spacial score (nSPS) is 17.7. The molecular weight excluding hydrogens is 256 g/mol. The molecule has 15 heavy (non-hydrogen) atoms. The average Bonchev–Trinajstić information content (AvgIpc) is 3.03. The van der Waals surface area contributed by atoms with Crippen molar-refractivity contribution in [2.24, 2.45) is 5.41 Å². The highest BCUT2D eigenvalue weighted by Gasteiger charge is 2.42. The van der Waals surface area contributed by atoms with Crippen LogP contribution in [0.25, 0.3) is 0 Å². The largest absolute Gasteiger partial charge is 0.383 e. The molecule has 0 aliphatic heterocycles. The van der Waals surface area contributed by atoms with E-state index in [1.165, 1.54) is 12.8 Å². The first-order chi connectivity index (χ1) is 7.26. The Hall–Kier alpha value is -0.110. The zero-order chi connectivity index (χ0) is 11.1. The summed E-state index contributed by atoms with van der Waals surface area (Å²) in [5.74, 6) is 0. The summed E-state index contributed by atoms with van der Waals surface area (Å²) in [5.41, 5.74) is 0.489. The Bertz CT molecular complexity index is 223. The topological polar surface area (TPSA) is 36.3 Å². The van der Waals surface area contributed by atoms with E-state index in [0.717, 1.165) is 31.6 Å². The van der Waals surface area contributed by atoms with Crippen LogP contribution in [0.15, 0.2) is 0 Å². The molecule has 0 spiro atoms. The predicted molar refractivity (Wildman–Crippen MR) is 64.0 cm³/mol. The van der Waals surface area contributed by atoms with E-state index >= 15 is 0 Å². The van der Waals surface area contributed by atoms with Gasteiger partial charge in [0.2, 0.25) is 0 Å². The average molecular weight is 275 g/mol. The molecule has 0 aromatic heterocycles. The highest BCUT2D eigenvalue weighted by atomic mass is 79.9. The van der Waals surface area contributed by atoms with Crippen LogP contribution in [0, 0.1) is 16.7 Å². The molecule has 1 aliphatic rings. The van der Waals surface area contributed by atoms with Crippen molar-refractivity contribution in [2.75, 3.05) is 38.7 Å². The number of rotatable bonds is 8. The van der Waals surface area contributed by atoms with Gasteiger partial charge in [0.25, 0.3) is 0 Å². The Morgan fingerprint density at radius 1 is 1.47 bits per heavy atom. The Balaban J connectivity index is 2.31. The number of nitriles is 1. The van der Waals surface area contributed by atoms with Crippen LogP contribution >= 0.6 is 15.9 Å². The molecule has 0 radical (unpaired) electrons. The molecule has 0 amide bonds. The maximum atomic E-state index is 8.59. The maximum Gasteiger partial charge on any atom is 0.0635 e. The fourth-order valence-corrected chi connectivity index (χ4v) is 2.42. The Labute approximate surface area is 101 Å². The molecule has 0 atom stereocenters. The summed E-state index contributed by atoms with van der Waals surface area (Å²) in [4.78, 5) is 2.35. The maximum absolute atomic E-state index is 8.59. The van der Waals surface area contributed by atoms with E-state index < -0.39 is 0 Å². The molecular formula is C11H19BrN2O. The van der Waals surface area contributed by atoms with Crippen LogP contribution in [-0.4, -0.2) is 43.6 Å². The van der Waals surface area contributed by atoms with Crippen molar-refractivity contribution in [3.63, 3.8) is 0 Å². The molecule has 1 fully saturated rings. The van der Waals surface area contributed by atoms with Crippen LogP contribution in [0.4, 0.5) is 0 Å². The van der Waals surface area contributed by atoms with E-state index in [0.29, 0.717) is 11.8 Å². The number of alkyl halides is 1. The number of ether oxygens (including phenoxy) is 1. The van der Waals surface area contributed by atoms with Gasteiger partial charge in [-0.1, -0.05) is 15.9 Å². The summed E-state index contributed by atoms with van der Waals surface area (Å²) >= 11 is 3.58. The van der Waals surface area contributed by atoms with E-state index in [1.807, 2.05) is 0 Å². The van der Waals surface area contributed by atoms with Gasteiger partial charge in [-0.15, -0.1) is 0 Å². The molecule has 1 aliphatic carbocycles. The molecule has 0 bridgehead atoms. The van der Waals surface area contributed by atoms with E-state index in [1.54, 1.807) is 7.11 Å². The van der Waals surface area contributed by atoms with Crippen molar-refractivity contribution in [2.45, 2.75) is 19.3 Å². The minimum atomic E-state index is 0.489. The SMILES string of the molecule is COCCN(CCC#N)CC1(CBr)CC1. The molecule has 1 saturated carbocycles. The number of hydrogen-bond acceptors (Lipinski definition) is 3. The zero-order valence-corrected chi connectivity index (χ0v) is 10.9. The van der Waals surface area contributed by atoms with Crippen molar-refractivity contribution < 1.29 is 4.74 Å². The second-order valence-corrected chi connectivity index (χ2v) is 4.87. The molecule has 3 nitrogen and oxygen atoms in total. The van der Waals surface area contributed by atoms with Crippen LogP contribution in [0.1, 0.15) is 19.3 Å². The fourth-order valence-electron chi connectivity index (χ4n) is 1.68. The fraction of sp³-hybridized carbons (Fsp3) is 0.909. The third kappa shape index (κ3) is 4.50. The molecule has 86 valence electrons. The van der Waals surface area contributed by atoms with Gasteiger partial charge in [-0.2, -0.15) is 5.26 Å². The van der Waals surface area contributed by atoms with Crippen molar-refractivity contribution in [3.05, 3.63) is 0 Å². The predicted octanol–water partition coefficient (Wildman–Crippen LogP) is 2.02. The van der Waals surface area contributed by atoms with Gasteiger partial charge in [0.15, 0.2) is 0 Å². The first-order valence-corrected chi connectivity index (χ1v) is 6.53. The summed E-state index contributed by atoms with van der Waals surface area (Å²) in [6.07, 6.45) is 3.24. The van der Waals surface area contributed by atoms with Crippen molar-refractivity contribution in [1.82, 2.24) is 4.90 Å². The Morgan fingerprint density at radius 3 is 2.67 bits per heavy atom. The van der Waals surface area contributed by atoms with Gasteiger partial charge in [0.1, 0.15) is 0 Å². The minimum Gasteiger partial charge on any atom is -0.383 e. The van der Waals surface area contributed by atoms with E-state index in [9.17, 15) is 0 Å². The number of nitrogens with zero attached hydrogens (tertiary/aromatic N) is 2. The highest BCUT2D eigenvalue weighted by Crippen LogP contribution is 2.47. The van der Waals surface area contributed by atoms with Gasteiger partial charge in [-0.3, -0.25) is 4.90 Å². The van der Waals surface area contributed by atoms with Crippen molar-refractivity contribution >= 4 is 15.9 Å². The highest BCUT2D eigenvalue weighted by molar-refractivity contribution is 9.09. The van der Waals surface area contributed by atoms with Crippen LogP contribution in [0.2, 0.25) is 0 Å². The van der Waals surface area contributed by atoms with E-state index in [2.05, 4.69) is 26.9 Å². The second-order valence-electron chi connectivity index (χ2n) is 4.31. The van der Waals surface area contributed by atoms with Crippen molar-refractivity contribution in [1.29, 1.82) is 5.26 Å². The van der Waals surface area contributed by atoms with E-state index in [-0.39, 0.29) is 0 Å². The standard InChI is InChI=1S/C11H19BrN2O/c1-15-8-7-14(6-2-5-13)10-11(9-12)3-4-11/h2-4,6-10H2,1H3. The quantitative estimate of drug-likeness (QED) is 0.636. The minimum absolute atomic E-state index is 0.489. The van der Waals surface area contributed by atoms with Gasteiger partial charge in [-0.05, 0) is 18.3 Å². The molecule has 1 rings (SSSR count). The number of hydrogen-bond donors (Lipinski definition) is 0. The lowest BCUT2D eigenvalue weighted by Crippen LogP contribution is -2.34. The summed E-state index contributed by atoms with van der Waals surface area (Å²) < 4.78 is 5.08. The monoisotopic (exact) mass is 274 g/mol. The summed E-state index contributed by atoms with van der Waals surface area (Å²) in [6, 6.07) is 2.20. The summed E-state index contributed by atoms with van der Waals surface area (Å²) in [7, 11) is 1.72. The molecule has 0 aromatic carbocycles. The van der Waals surface area contributed by atoms with Crippen LogP contribution in [-0.2, 0) is 4.74 Å². The van der Waals surface area contributed by atoms with Gasteiger partial charge < -0.3 is 4.74 Å². The zero-order valence-electron chi connectivity index (χ0n) is 9.34. The van der Waals surface area contributed by atoms with Gasteiger partial charge >= 0.3 is 0 Å². The lowest BCUT2D eigenvalue weighted by atomic mass is 10.1. The number of methoxy groups -OCH3 is 1. The van der Waals surface area contributed by atoms with Gasteiger partial charge in [0, 0.05) is 38.5 Å². The summed E-state index contributed by atoms with van der Waals surface area (Å²) in [5, 5.41) is 9.67. The van der Waals surface area contributed by atoms with Crippen LogP contribution in [0.5, 0.6) is 0 Å². The third-order valence-corrected chi connectivity index (χ3v) is 4.14. The lowest BCUT2D eigenvalue weighted by molar-refractivity contribution is 0.137. The van der Waals surface area contributed by atoms with Crippen LogP contribution in [0.3, 0.4) is 0 Å². The number of halogens is 1. The smallest absolute Gasteiger partial charge is 0.0635 e. The van der Waals surface area contributed by atoms with Gasteiger partial charge in [0.05, 0.1) is 12.7 Å². The first kappa shape index (κ1) is 13.0. The molecule has 0 N–H and O–H groups in total. The Morgan fingerprint density at radius 2 is 2.20 bits per heavy atom. The molecule has 0 unspecified atom stereocenters. The molecule has 0 heterocycles. The molecule has 0 saturated heterocycles. The lowest BCUT2D eigenvalue weighted by Gasteiger charge is -2.25. The third-order valence-electron chi connectivity index (χ3n) is 2.95. The molecule has 4 heteroatoms. The summed E-state index contributed by atoms with van der Waals surface area (Å²) in [6.45, 7) is 3.66. The van der Waals surface area contributed by atoms with Crippen LogP contribution < -0.4 is 0 Å². The van der Waals surface area contributed by atoms with Gasteiger partial charge in [-0.25, -0.2) is 0 Å². The van der Waals surface area contributed by atoms with Crippen molar-refractivity contribution in [3.8, 4) is 6.07 Å². The van der Waals surface area contributed by atoms with E-state index in [4.69, 9.17) is 10.00 Å². The first-order valence-electron chi connectivity index (χ1n) is 5.40. The molecule has 0 aromatic rings. The second kappa shape index (κ2) is 6.47.